The molecule has 0 unspecified atom stereocenters. The normalized spacial score (nSPS) is 11.5. The molecule has 0 spiro atoms. The number of aryl methyl sites for hydroxylation is 2. The van der Waals surface area contributed by atoms with E-state index >= 15 is 0 Å². The maximum Gasteiger partial charge on any atom is 0.387 e. The molecule has 1 N–H and O–H groups in total. The van der Waals surface area contributed by atoms with Crippen molar-refractivity contribution in [3.05, 3.63) is 49.9 Å². The molecule has 0 aliphatic heterocycles. The third-order valence-electron chi connectivity index (χ3n) is 5.39. The average Bonchev–Trinajstić information content (AvgIpc) is 3.44. The predicted octanol–water partition coefficient (Wildman–Crippen LogP) is 5.08. The van der Waals surface area contributed by atoms with E-state index in [-0.39, 0.29) is 28.4 Å². The van der Waals surface area contributed by atoms with E-state index in [1.165, 1.54) is 21.4 Å². The molecule has 1 amide bonds. The van der Waals surface area contributed by atoms with Crippen LogP contribution in [-0.2, 0) is 31.7 Å². The maximum atomic E-state index is 14.1. The lowest BCUT2D eigenvalue weighted by Crippen LogP contribution is -2.19. The minimum atomic E-state index is -3.37. The summed E-state index contributed by atoms with van der Waals surface area (Å²) in [7, 11) is 3.45. The van der Waals surface area contributed by atoms with E-state index in [9.17, 15) is 27.2 Å². The van der Waals surface area contributed by atoms with E-state index in [4.69, 9.17) is 0 Å². The van der Waals surface area contributed by atoms with Crippen LogP contribution in [0.4, 0.5) is 22.7 Å². The quantitative estimate of drug-likeness (QED) is 0.324. The Balaban J connectivity index is 1.56. The number of halogens is 4. The Morgan fingerprint density at radius 2 is 1.89 bits per heavy atom. The number of thiophene rings is 1. The minimum absolute atomic E-state index is 0.00378. The average molecular weight is 529 g/mol. The molecule has 0 radical (unpaired) electrons. The number of fused-ring (bicyclic) bond motifs is 1. The first kappa shape index (κ1) is 24.9. The Labute approximate surface area is 204 Å². The smallest absolute Gasteiger partial charge is 0.387 e. The Morgan fingerprint density at radius 3 is 2.51 bits per heavy atom. The number of aromatic nitrogens is 3. The van der Waals surface area contributed by atoms with Gasteiger partial charge in [0.05, 0.1) is 17.5 Å². The molecule has 0 atom stereocenters. The van der Waals surface area contributed by atoms with Crippen molar-refractivity contribution in [3.63, 3.8) is 0 Å². The molecule has 0 fully saturated rings. The lowest BCUT2D eigenvalue weighted by atomic mass is 10.1. The number of carbonyl (C=O) groups excluding carboxylic acids is 1. The summed E-state index contributed by atoms with van der Waals surface area (Å²) in [6.45, 7) is -1.36. The van der Waals surface area contributed by atoms with Crippen LogP contribution in [0.3, 0.4) is 0 Å². The molecule has 0 saturated carbocycles. The van der Waals surface area contributed by atoms with Crippen molar-refractivity contribution in [3.8, 4) is 17.0 Å². The summed E-state index contributed by atoms with van der Waals surface area (Å²) in [6.07, 6.45) is 1.55. The molecule has 1 aromatic carbocycles. The Bertz CT molecular complexity index is 1450. The van der Waals surface area contributed by atoms with Crippen LogP contribution in [0.5, 0.6) is 5.75 Å². The molecule has 3 aromatic heterocycles. The van der Waals surface area contributed by atoms with E-state index in [2.05, 4.69) is 15.0 Å². The number of hydrogen-bond acceptors (Lipinski definition) is 6. The number of alkyl halides is 2. The van der Waals surface area contributed by atoms with E-state index in [1.54, 1.807) is 18.8 Å². The van der Waals surface area contributed by atoms with Gasteiger partial charge in [-0.1, -0.05) is 13.3 Å². The highest BCUT2D eigenvalue weighted by Gasteiger charge is 2.23. The highest BCUT2D eigenvalue weighted by Crippen LogP contribution is 2.33. The Hall–Kier alpha value is -3.19. The fourth-order valence-electron chi connectivity index (χ4n) is 3.69. The lowest BCUT2D eigenvalue weighted by molar-refractivity contribution is -0.115. The van der Waals surface area contributed by atoms with Crippen molar-refractivity contribution in [2.45, 2.75) is 32.8 Å². The van der Waals surface area contributed by atoms with Crippen LogP contribution in [0.1, 0.15) is 23.8 Å². The molecule has 35 heavy (non-hydrogen) atoms. The van der Waals surface area contributed by atoms with Crippen LogP contribution in [0.15, 0.2) is 22.3 Å². The SMILES string of the molecule is CCCc1sc2c(c1CC(=O)Nc1nc(-c3cc(F)c(OC(F)F)c(F)c3)cs1)c(=O)n(C)n2C. The fourth-order valence-corrected chi connectivity index (χ4v) is 5.83. The first-order valence-corrected chi connectivity index (χ1v) is 12.2. The van der Waals surface area contributed by atoms with Crippen molar-refractivity contribution >= 4 is 43.9 Å². The van der Waals surface area contributed by atoms with Crippen molar-refractivity contribution in [1.29, 1.82) is 0 Å². The van der Waals surface area contributed by atoms with Crippen molar-refractivity contribution < 1.29 is 27.1 Å². The van der Waals surface area contributed by atoms with E-state index in [0.29, 0.717) is 10.9 Å². The fraction of sp³-hybridized carbons (Fsp3) is 0.318. The van der Waals surface area contributed by atoms with Crippen LogP contribution in [0.25, 0.3) is 21.5 Å². The number of ether oxygens (including phenoxy) is 1. The number of anilines is 1. The number of nitrogens with zero attached hydrogens (tertiary/aromatic N) is 3. The molecule has 3 heterocycles. The zero-order valence-electron chi connectivity index (χ0n) is 18.8. The Kier molecular flexibility index (Phi) is 6.99. The van der Waals surface area contributed by atoms with Gasteiger partial charge in [0, 0.05) is 29.9 Å². The zero-order chi connectivity index (χ0) is 25.4. The largest absolute Gasteiger partial charge is 0.429 e. The third kappa shape index (κ3) is 4.82. The lowest BCUT2D eigenvalue weighted by Gasteiger charge is -2.08. The van der Waals surface area contributed by atoms with Gasteiger partial charge >= 0.3 is 6.61 Å². The molecule has 13 heteroatoms. The number of thiazole rings is 1. The molecular weight excluding hydrogens is 508 g/mol. The van der Waals surface area contributed by atoms with Gasteiger partial charge in [0.1, 0.15) is 4.83 Å². The van der Waals surface area contributed by atoms with Crippen LogP contribution < -0.4 is 15.6 Å². The number of amides is 1. The first-order valence-electron chi connectivity index (χ1n) is 10.5. The molecule has 4 aromatic rings. The first-order chi connectivity index (χ1) is 16.6. The zero-order valence-corrected chi connectivity index (χ0v) is 20.5. The minimum Gasteiger partial charge on any atom is -0.429 e. The van der Waals surface area contributed by atoms with E-state index < -0.39 is 29.9 Å². The van der Waals surface area contributed by atoms with Gasteiger partial charge in [-0.05, 0) is 24.1 Å². The van der Waals surface area contributed by atoms with Crippen molar-refractivity contribution in [2.24, 2.45) is 14.1 Å². The van der Waals surface area contributed by atoms with Gasteiger partial charge in [0.2, 0.25) is 5.91 Å². The molecule has 0 aliphatic carbocycles. The summed E-state index contributed by atoms with van der Waals surface area (Å²) < 4.78 is 59.9. The summed E-state index contributed by atoms with van der Waals surface area (Å²) in [5, 5.41) is 4.83. The summed E-state index contributed by atoms with van der Waals surface area (Å²) in [6, 6.07) is 1.65. The highest BCUT2D eigenvalue weighted by molar-refractivity contribution is 7.19. The van der Waals surface area contributed by atoms with Crippen LogP contribution in [-0.4, -0.2) is 26.9 Å². The second kappa shape index (κ2) is 9.82. The van der Waals surface area contributed by atoms with Crippen LogP contribution >= 0.6 is 22.7 Å². The van der Waals surface area contributed by atoms with Crippen molar-refractivity contribution in [2.75, 3.05) is 5.32 Å². The van der Waals surface area contributed by atoms with E-state index in [0.717, 1.165) is 46.0 Å². The molecule has 186 valence electrons. The van der Waals surface area contributed by atoms with Gasteiger partial charge in [0.25, 0.3) is 5.56 Å². The van der Waals surface area contributed by atoms with Gasteiger partial charge in [-0.25, -0.2) is 13.8 Å². The molecule has 7 nitrogen and oxygen atoms in total. The third-order valence-corrected chi connectivity index (χ3v) is 7.51. The van der Waals surface area contributed by atoms with Crippen LogP contribution in [0, 0.1) is 11.6 Å². The molecule has 0 bridgehead atoms. The maximum absolute atomic E-state index is 14.1. The topological polar surface area (TPSA) is 78.2 Å². The van der Waals surface area contributed by atoms with E-state index in [1.807, 2.05) is 6.92 Å². The van der Waals surface area contributed by atoms with Crippen LogP contribution in [0.2, 0.25) is 0 Å². The number of carbonyl (C=O) groups is 1. The second-order valence-corrected chi connectivity index (χ2v) is 9.64. The summed E-state index contributed by atoms with van der Waals surface area (Å²) in [4.78, 5) is 31.5. The van der Waals surface area contributed by atoms with Gasteiger partial charge in [-0.2, -0.15) is 8.78 Å². The molecule has 0 aliphatic rings. The van der Waals surface area contributed by atoms with Crippen molar-refractivity contribution in [1.82, 2.24) is 14.3 Å². The standard InChI is InChI=1S/C22H20F4N4O3S2/c1-4-5-15-11(17-19(32)29(2)30(3)20(17)35-15)8-16(31)28-22-27-14(9-34-22)10-6-12(23)18(13(24)7-10)33-21(25)26/h6-7,9,21H,4-5,8H2,1-3H3,(H,27,28,31). The monoisotopic (exact) mass is 528 g/mol. The summed E-state index contributed by atoms with van der Waals surface area (Å²) in [5.74, 6) is -4.17. The number of benzene rings is 1. The van der Waals surface area contributed by atoms with Gasteiger partial charge in [-0.3, -0.25) is 19.0 Å². The predicted molar refractivity (Wildman–Crippen MR) is 126 cm³/mol. The second-order valence-electron chi connectivity index (χ2n) is 7.70. The number of rotatable bonds is 8. The number of hydrogen-bond donors (Lipinski definition) is 1. The summed E-state index contributed by atoms with van der Waals surface area (Å²) >= 11 is 2.52. The highest BCUT2D eigenvalue weighted by atomic mass is 32.1. The van der Waals surface area contributed by atoms with Gasteiger partial charge in [-0.15, -0.1) is 22.7 Å². The number of nitrogens with one attached hydrogen (secondary N) is 1. The van der Waals surface area contributed by atoms with Gasteiger partial charge < -0.3 is 10.1 Å². The van der Waals surface area contributed by atoms with Gasteiger partial charge in [0.15, 0.2) is 22.5 Å². The molecular formula is C22H20F4N4O3S2. The molecule has 4 rings (SSSR count). The summed E-state index contributed by atoms with van der Waals surface area (Å²) in [5.41, 5.74) is 0.647. The molecule has 0 saturated heterocycles. The Morgan fingerprint density at radius 1 is 1.20 bits per heavy atom.